The summed E-state index contributed by atoms with van der Waals surface area (Å²) < 4.78 is 13.2. The number of nitrogens with two attached hydrogens (primary N) is 1. The number of likely N-dealkylation sites (tertiary alicyclic amines) is 1. The molecule has 5 heteroatoms. The van der Waals surface area contributed by atoms with Gasteiger partial charge in [0.05, 0.1) is 0 Å². The third kappa shape index (κ3) is 3.52. The van der Waals surface area contributed by atoms with Crippen LogP contribution >= 0.6 is 0 Å². The van der Waals surface area contributed by atoms with E-state index in [2.05, 4.69) is 4.90 Å². The van der Waals surface area contributed by atoms with Crippen molar-refractivity contribution in [3.05, 3.63) is 35.1 Å². The summed E-state index contributed by atoms with van der Waals surface area (Å²) in [6.45, 7) is 2.76. The minimum atomic E-state index is -0.368. The largest absolute Gasteiger partial charge is 0.396 e. The molecule has 1 aromatic rings. The van der Waals surface area contributed by atoms with Crippen molar-refractivity contribution < 1.29 is 9.50 Å². The maximum Gasteiger partial charge on any atom is 0.123 e. The van der Waals surface area contributed by atoms with Gasteiger partial charge in [0, 0.05) is 18.7 Å². The Balaban J connectivity index is 2.05. The van der Waals surface area contributed by atoms with E-state index in [1.807, 2.05) is 0 Å². The summed E-state index contributed by atoms with van der Waals surface area (Å²) in [6, 6.07) is 4.42. The SMILES string of the molecule is N=C(N)c1cc(F)ccc1CN1CCC(CO)CC1. The Morgan fingerprint density at radius 2 is 2.11 bits per heavy atom. The summed E-state index contributed by atoms with van der Waals surface area (Å²) in [5, 5.41) is 16.6. The number of hydrogen-bond donors (Lipinski definition) is 3. The smallest absolute Gasteiger partial charge is 0.123 e. The summed E-state index contributed by atoms with van der Waals surface area (Å²) in [5.74, 6) is -0.0653. The van der Waals surface area contributed by atoms with E-state index in [4.69, 9.17) is 16.2 Å². The lowest BCUT2D eigenvalue weighted by molar-refractivity contribution is 0.127. The zero-order valence-corrected chi connectivity index (χ0v) is 10.9. The standard InChI is InChI=1S/C14H20FN3O/c15-12-2-1-11(13(7-12)14(16)17)8-18-5-3-10(9-19)4-6-18/h1-2,7,10,19H,3-6,8-9H2,(H3,16,17). The van der Waals surface area contributed by atoms with Gasteiger partial charge in [-0.3, -0.25) is 10.3 Å². The number of hydrogen-bond acceptors (Lipinski definition) is 3. The number of nitrogens with one attached hydrogen (secondary N) is 1. The van der Waals surface area contributed by atoms with Gasteiger partial charge in [-0.1, -0.05) is 6.07 Å². The lowest BCUT2D eigenvalue weighted by atomic mass is 9.97. The van der Waals surface area contributed by atoms with E-state index >= 15 is 0 Å². The second-order valence-electron chi connectivity index (χ2n) is 5.12. The Bertz CT molecular complexity index is 456. The van der Waals surface area contributed by atoms with Crippen molar-refractivity contribution in [3.8, 4) is 0 Å². The van der Waals surface area contributed by atoms with E-state index in [1.54, 1.807) is 6.07 Å². The first-order valence-electron chi connectivity index (χ1n) is 6.56. The average molecular weight is 265 g/mol. The molecule has 0 saturated carbocycles. The van der Waals surface area contributed by atoms with E-state index in [0.717, 1.165) is 31.5 Å². The molecular formula is C14H20FN3O. The van der Waals surface area contributed by atoms with Crippen LogP contribution in [-0.2, 0) is 6.54 Å². The van der Waals surface area contributed by atoms with Crippen molar-refractivity contribution in [2.45, 2.75) is 19.4 Å². The lowest BCUT2D eigenvalue weighted by Crippen LogP contribution is -2.34. The van der Waals surface area contributed by atoms with Gasteiger partial charge >= 0.3 is 0 Å². The molecule has 0 atom stereocenters. The molecule has 19 heavy (non-hydrogen) atoms. The van der Waals surface area contributed by atoms with E-state index < -0.39 is 0 Å². The molecule has 0 bridgehead atoms. The maximum absolute atomic E-state index is 13.2. The zero-order chi connectivity index (χ0) is 13.8. The van der Waals surface area contributed by atoms with Crippen LogP contribution in [0.2, 0.25) is 0 Å². The molecule has 4 nitrogen and oxygen atoms in total. The number of benzene rings is 1. The highest BCUT2D eigenvalue weighted by molar-refractivity contribution is 5.96. The molecular weight excluding hydrogens is 245 g/mol. The molecule has 0 aromatic heterocycles. The van der Waals surface area contributed by atoms with Crippen molar-refractivity contribution in [1.82, 2.24) is 4.90 Å². The van der Waals surface area contributed by atoms with E-state index in [0.29, 0.717) is 18.0 Å². The van der Waals surface area contributed by atoms with Crippen molar-refractivity contribution in [2.75, 3.05) is 19.7 Å². The van der Waals surface area contributed by atoms with Crippen LogP contribution in [0.3, 0.4) is 0 Å². The predicted molar refractivity (Wildman–Crippen MR) is 72.5 cm³/mol. The highest BCUT2D eigenvalue weighted by Crippen LogP contribution is 2.20. The fourth-order valence-electron chi connectivity index (χ4n) is 2.51. The Hall–Kier alpha value is -1.46. The number of piperidine rings is 1. The molecule has 1 heterocycles. The monoisotopic (exact) mass is 265 g/mol. The number of nitrogen functional groups attached to an aromatic ring is 1. The van der Waals surface area contributed by atoms with E-state index in [-0.39, 0.29) is 18.3 Å². The summed E-state index contributed by atoms with van der Waals surface area (Å²) >= 11 is 0. The van der Waals surface area contributed by atoms with E-state index in [1.165, 1.54) is 12.1 Å². The van der Waals surface area contributed by atoms with Gasteiger partial charge in [0.1, 0.15) is 11.7 Å². The molecule has 1 aromatic carbocycles. The van der Waals surface area contributed by atoms with Crippen LogP contribution in [0, 0.1) is 17.1 Å². The minimum absolute atomic E-state index is 0.0975. The minimum Gasteiger partial charge on any atom is -0.396 e. The van der Waals surface area contributed by atoms with Crippen LogP contribution in [0.15, 0.2) is 18.2 Å². The number of aliphatic hydroxyl groups is 1. The van der Waals surface area contributed by atoms with Crippen LogP contribution in [-0.4, -0.2) is 35.5 Å². The molecule has 1 saturated heterocycles. The van der Waals surface area contributed by atoms with Crippen molar-refractivity contribution in [3.63, 3.8) is 0 Å². The number of rotatable bonds is 4. The molecule has 1 fully saturated rings. The van der Waals surface area contributed by atoms with Crippen LogP contribution in [0.25, 0.3) is 0 Å². The summed E-state index contributed by atoms with van der Waals surface area (Å²) in [6.07, 6.45) is 1.96. The molecule has 0 unspecified atom stereocenters. The third-order valence-electron chi connectivity index (χ3n) is 3.72. The van der Waals surface area contributed by atoms with Crippen LogP contribution < -0.4 is 5.73 Å². The fourth-order valence-corrected chi connectivity index (χ4v) is 2.51. The maximum atomic E-state index is 13.2. The summed E-state index contributed by atoms with van der Waals surface area (Å²) in [7, 11) is 0. The molecule has 1 aliphatic heterocycles. The van der Waals surface area contributed by atoms with Gasteiger partial charge in [-0.05, 0) is 49.5 Å². The molecule has 0 spiro atoms. The second kappa shape index (κ2) is 6.12. The summed E-state index contributed by atoms with van der Waals surface area (Å²) in [5.41, 5.74) is 6.86. The molecule has 0 radical (unpaired) electrons. The normalized spacial score (nSPS) is 17.6. The third-order valence-corrected chi connectivity index (χ3v) is 3.72. The molecule has 1 aliphatic rings. The quantitative estimate of drug-likeness (QED) is 0.568. The van der Waals surface area contributed by atoms with Gasteiger partial charge in [0.15, 0.2) is 0 Å². The molecule has 2 rings (SSSR count). The predicted octanol–water partition coefficient (Wildman–Crippen LogP) is 1.31. The second-order valence-corrected chi connectivity index (χ2v) is 5.12. The lowest BCUT2D eigenvalue weighted by Gasteiger charge is -2.31. The first-order chi connectivity index (χ1) is 9.10. The Kier molecular flexibility index (Phi) is 4.50. The molecule has 104 valence electrons. The average Bonchev–Trinajstić information content (AvgIpc) is 2.41. The molecule has 0 aliphatic carbocycles. The number of aliphatic hydroxyl groups excluding tert-OH is 1. The van der Waals surface area contributed by atoms with Gasteiger partial charge in [0.2, 0.25) is 0 Å². The van der Waals surface area contributed by atoms with Gasteiger partial charge in [-0.2, -0.15) is 0 Å². The topological polar surface area (TPSA) is 73.3 Å². The summed E-state index contributed by atoms with van der Waals surface area (Å²) in [4.78, 5) is 2.26. The molecule has 4 N–H and O–H groups in total. The van der Waals surface area contributed by atoms with Crippen molar-refractivity contribution in [2.24, 2.45) is 11.7 Å². The Morgan fingerprint density at radius 3 is 2.68 bits per heavy atom. The Morgan fingerprint density at radius 1 is 1.42 bits per heavy atom. The molecule has 0 amide bonds. The number of halogens is 1. The van der Waals surface area contributed by atoms with Crippen LogP contribution in [0.1, 0.15) is 24.0 Å². The fraction of sp³-hybridized carbons (Fsp3) is 0.500. The van der Waals surface area contributed by atoms with Crippen LogP contribution in [0.4, 0.5) is 4.39 Å². The van der Waals surface area contributed by atoms with Crippen molar-refractivity contribution >= 4 is 5.84 Å². The zero-order valence-electron chi connectivity index (χ0n) is 10.9. The van der Waals surface area contributed by atoms with Crippen LogP contribution in [0.5, 0.6) is 0 Å². The van der Waals surface area contributed by atoms with Gasteiger partial charge in [-0.15, -0.1) is 0 Å². The highest BCUT2D eigenvalue weighted by Gasteiger charge is 2.19. The van der Waals surface area contributed by atoms with Gasteiger partial charge in [0.25, 0.3) is 0 Å². The van der Waals surface area contributed by atoms with Gasteiger partial charge < -0.3 is 10.8 Å². The first-order valence-corrected chi connectivity index (χ1v) is 6.56. The van der Waals surface area contributed by atoms with E-state index in [9.17, 15) is 4.39 Å². The van der Waals surface area contributed by atoms with Crippen molar-refractivity contribution in [1.29, 1.82) is 5.41 Å². The first kappa shape index (κ1) is 14.0. The van der Waals surface area contributed by atoms with Gasteiger partial charge in [-0.25, -0.2) is 4.39 Å². The number of nitrogens with zero attached hydrogens (tertiary/aromatic N) is 1. The Labute approximate surface area is 112 Å². The highest BCUT2D eigenvalue weighted by atomic mass is 19.1. The number of amidine groups is 1.